The molecule has 0 saturated carbocycles. The third-order valence-electron chi connectivity index (χ3n) is 5.16. The zero-order chi connectivity index (χ0) is 18.9. The molecule has 4 heteroatoms. The van der Waals surface area contributed by atoms with Gasteiger partial charge in [0.1, 0.15) is 0 Å². The Hall–Kier alpha value is -0.610. The van der Waals surface area contributed by atoms with E-state index < -0.39 is 6.10 Å². The second kappa shape index (κ2) is 18.7. The number of aliphatic hydroxyl groups excluding tert-OH is 2. The molecule has 0 saturated heterocycles. The minimum atomic E-state index is -0.654. The van der Waals surface area contributed by atoms with Crippen molar-refractivity contribution < 1.29 is 10.2 Å². The van der Waals surface area contributed by atoms with Crippen LogP contribution in [0.15, 0.2) is 30.3 Å². The minimum Gasteiger partial charge on any atom is -0.395 e. The summed E-state index contributed by atoms with van der Waals surface area (Å²) in [6.07, 6.45) is 15.4. The number of nitrogens with one attached hydrogen (secondary N) is 1. The summed E-state index contributed by atoms with van der Waals surface area (Å²) < 4.78 is 0. The first-order chi connectivity index (χ1) is 12.8. The van der Waals surface area contributed by atoms with Crippen LogP contribution in [0.5, 0.6) is 0 Å². The summed E-state index contributed by atoms with van der Waals surface area (Å²) in [5, 5.41) is 23.2. The molecule has 0 aromatic heterocycles. The van der Waals surface area contributed by atoms with Crippen molar-refractivity contribution in [3.8, 4) is 0 Å². The van der Waals surface area contributed by atoms with Crippen LogP contribution < -0.4 is 5.32 Å². The van der Waals surface area contributed by atoms with Gasteiger partial charge in [0.2, 0.25) is 0 Å². The standard InChI is InChI=1S/C23H41NO2.ClH/c1-2-3-4-5-6-7-8-9-10-11-12-16-19-24-22(20-25)23(26)21-17-14-13-15-18-21;/h13-15,17-18,22-26H,2-12,16,19-20H2,1H3;1H/t22-,23-;/m0./s1. The van der Waals surface area contributed by atoms with Crippen LogP contribution in [-0.2, 0) is 0 Å². The number of hydrogen-bond acceptors (Lipinski definition) is 3. The minimum absolute atomic E-state index is 0. The fraction of sp³-hybridized carbons (Fsp3) is 0.739. The van der Waals surface area contributed by atoms with Crippen molar-refractivity contribution in [1.29, 1.82) is 0 Å². The smallest absolute Gasteiger partial charge is 0.0965 e. The van der Waals surface area contributed by atoms with E-state index in [4.69, 9.17) is 0 Å². The molecule has 0 spiro atoms. The monoisotopic (exact) mass is 399 g/mol. The first kappa shape index (κ1) is 26.4. The third kappa shape index (κ3) is 13.2. The van der Waals surface area contributed by atoms with Gasteiger partial charge < -0.3 is 15.5 Å². The molecule has 0 unspecified atom stereocenters. The van der Waals surface area contributed by atoms with Crippen molar-refractivity contribution in [1.82, 2.24) is 5.32 Å². The number of halogens is 1. The first-order valence-electron chi connectivity index (χ1n) is 10.9. The van der Waals surface area contributed by atoms with Gasteiger partial charge in [-0.05, 0) is 18.5 Å². The van der Waals surface area contributed by atoms with Gasteiger partial charge in [-0.1, -0.05) is 108 Å². The molecule has 0 fully saturated rings. The van der Waals surface area contributed by atoms with E-state index in [-0.39, 0.29) is 25.1 Å². The van der Waals surface area contributed by atoms with Gasteiger partial charge in [-0.15, -0.1) is 12.4 Å². The molecular weight excluding hydrogens is 358 g/mol. The second-order valence-electron chi connectivity index (χ2n) is 7.49. The van der Waals surface area contributed by atoms with Crippen LogP contribution in [-0.4, -0.2) is 29.4 Å². The highest BCUT2D eigenvalue weighted by atomic mass is 35.5. The number of unbranched alkanes of at least 4 members (excludes halogenated alkanes) is 11. The Labute approximate surface area is 173 Å². The maximum absolute atomic E-state index is 10.3. The van der Waals surface area contributed by atoms with Crippen molar-refractivity contribution >= 4 is 12.4 Å². The van der Waals surface area contributed by atoms with Crippen LogP contribution in [0.2, 0.25) is 0 Å². The van der Waals surface area contributed by atoms with Crippen LogP contribution in [0.25, 0.3) is 0 Å². The van der Waals surface area contributed by atoms with Crippen LogP contribution in [0.4, 0.5) is 0 Å². The number of rotatable bonds is 17. The highest BCUT2D eigenvalue weighted by molar-refractivity contribution is 5.85. The van der Waals surface area contributed by atoms with E-state index >= 15 is 0 Å². The van der Waals surface area contributed by atoms with Crippen LogP contribution >= 0.6 is 12.4 Å². The first-order valence-corrected chi connectivity index (χ1v) is 10.9. The van der Waals surface area contributed by atoms with E-state index in [2.05, 4.69) is 12.2 Å². The fourth-order valence-electron chi connectivity index (χ4n) is 3.41. The molecule has 0 aliphatic rings. The van der Waals surface area contributed by atoms with E-state index in [0.717, 1.165) is 18.5 Å². The molecule has 2 atom stereocenters. The lowest BCUT2D eigenvalue weighted by molar-refractivity contribution is 0.0899. The Morgan fingerprint density at radius 1 is 0.778 bits per heavy atom. The highest BCUT2D eigenvalue weighted by Crippen LogP contribution is 2.16. The molecule has 0 aliphatic carbocycles. The summed E-state index contributed by atoms with van der Waals surface area (Å²) >= 11 is 0. The van der Waals surface area contributed by atoms with Crippen molar-refractivity contribution in [3.63, 3.8) is 0 Å². The SMILES string of the molecule is CCCCCCCCCCCCCCN[C@@H](CO)[C@@H](O)c1ccccc1.Cl. The average Bonchev–Trinajstić information content (AvgIpc) is 2.68. The van der Waals surface area contributed by atoms with Gasteiger partial charge in [0.15, 0.2) is 0 Å². The van der Waals surface area contributed by atoms with Crippen molar-refractivity contribution in [2.45, 2.75) is 96.1 Å². The predicted octanol–water partition coefficient (Wildman–Crippen LogP) is 5.79. The summed E-state index contributed by atoms with van der Waals surface area (Å²) in [5.41, 5.74) is 0.855. The van der Waals surface area contributed by atoms with Gasteiger partial charge in [-0.2, -0.15) is 0 Å². The Kier molecular flexibility index (Phi) is 18.3. The lowest BCUT2D eigenvalue weighted by Crippen LogP contribution is -2.38. The number of benzene rings is 1. The average molecular weight is 400 g/mol. The van der Waals surface area contributed by atoms with E-state index in [1.165, 1.54) is 70.6 Å². The molecule has 158 valence electrons. The molecule has 27 heavy (non-hydrogen) atoms. The Morgan fingerprint density at radius 2 is 1.26 bits per heavy atom. The van der Waals surface area contributed by atoms with Gasteiger partial charge >= 0.3 is 0 Å². The molecule has 1 aromatic carbocycles. The highest BCUT2D eigenvalue weighted by Gasteiger charge is 2.18. The molecular formula is C23H42ClNO2. The maximum atomic E-state index is 10.3. The number of hydrogen-bond donors (Lipinski definition) is 3. The molecule has 1 aromatic rings. The molecule has 0 amide bonds. The molecule has 3 nitrogen and oxygen atoms in total. The molecule has 0 aliphatic heterocycles. The Bertz CT molecular complexity index is 416. The summed E-state index contributed by atoms with van der Waals surface area (Å²) in [5.74, 6) is 0. The normalized spacial score (nSPS) is 13.1. The third-order valence-corrected chi connectivity index (χ3v) is 5.16. The van der Waals surface area contributed by atoms with Crippen molar-refractivity contribution in [2.24, 2.45) is 0 Å². The predicted molar refractivity (Wildman–Crippen MR) is 119 cm³/mol. The van der Waals surface area contributed by atoms with Gasteiger partial charge in [0, 0.05) is 0 Å². The van der Waals surface area contributed by atoms with Crippen LogP contribution in [0.1, 0.15) is 95.6 Å². The van der Waals surface area contributed by atoms with E-state index in [1.54, 1.807) is 0 Å². The van der Waals surface area contributed by atoms with E-state index in [0.29, 0.717) is 0 Å². The Balaban J connectivity index is 0.00000676. The van der Waals surface area contributed by atoms with Gasteiger partial charge in [0.05, 0.1) is 18.8 Å². The molecule has 0 bridgehead atoms. The fourth-order valence-corrected chi connectivity index (χ4v) is 3.41. The maximum Gasteiger partial charge on any atom is 0.0965 e. The van der Waals surface area contributed by atoms with E-state index in [9.17, 15) is 10.2 Å². The van der Waals surface area contributed by atoms with Crippen molar-refractivity contribution in [2.75, 3.05) is 13.2 Å². The zero-order valence-electron chi connectivity index (χ0n) is 17.2. The summed E-state index contributed by atoms with van der Waals surface area (Å²) in [6, 6.07) is 9.28. The zero-order valence-corrected chi connectivity index (χ0v) is 18.1. The lowest BCUT2D eigenvalue weighted by Gasteiger charge is -2.22. The molecule has 0 radical (unpaired) electrons. The lowest BCUT2D eigenvalue weighted by atomic mass is 10.0. The topological polar surface area (TPSA) is 52.5 Å². The molecule has 1 rings (SSSR count). The van der Waals surface area contributed by atoms with Crippen molar-refractivity contribution in [3.05, 3.63) is 35.9 Å². The van der Waals surface area contributed by atoms with Crippen LogP contribution in [0, 0.1) is 0 Å². The second-order valence-corrected chi connectivity index (χ2v) is 7.49. The van der Waals surface area contributed by atoms with Gasteiger partial charge in [-0.25, -0.2) is 0 Å². The molecule has 3 N–H and O–H groups in total. The van der Waals surface area contributed by atoms with Gasteiger partial charge in [-0.3, -0.25) is 0 Å². The Morgan fingerprint density at radius 3 is 1.74 bits per heavy atom. The largest absolute Gasteiger partial charge is 0.395 e. The van der Waals surface area contributed by atoms with E-state index in [1.807, 2.05) is 30.3 Å². The summed E-state index contributed by atoms with van der Waals surface area (Å²) in [6.45, 7) is 3.08. The molecule has 0 heterocycles. The quantitative estimate of drug-likeness (QED) is 0.290. The number of aliphatic hydroxyl groups is 2. The summed E-state index contributed by atoms with van der Waals surface area (Å²) in [4.78, 5) is 0. The van der Waals surface area contributed by atoms with Crippen LogP contribution in [0.3, 0.4) is 0 Å². The summed E-state index contributed by atoms with van der Waals surface area (Å²) in [7, 11) is 0. The van der Waals surface area contributed by atoms with Gasteiger partial charge in [0.25, 0.3) is 0 Å².